The monoisotopic (exact) mass is 365 g/mol. The van der Waals surface area contributed by atoms with Crippen LogP contribution in [0.5, 0.6) is 0 Å². The highest BCUT2D eigenvalue weighted by molar-refractivity contribution is 7.89. The minimum absolute atomic E-state index is 0.0463. The Morgan fingerprint density at radius 1 is 0.840 bits per heavy atom. The molecule has 0 aliphatic carbocycles. The van der Waals surface area contributed by atoms with Gasteiger partial charge in [-0.25, -0.2) is 13.1 Å². The molecule has 0 bridgehead atoms. The zero-order valence-corrected chi connectivity index (χ0v) is 13.7. The molecule has 0 aliphatic heterocycles. The highest BCUT2D eigenvalue weighted by Gasteiger charge is 2.30. The standard InChI is InChI=1S/C18H14F3NO2S/c19-18(20,21)15-8-10-16(11-9-15)25(23,24)22-12-14-6-3-5-13-4-1-2-7-17(13)14/h1-11,22H,12H2. The Morgan fingerprint density at radius 2 is 1.48 bits per heavy atom. The van der Waals surface area contributed by atoms with Gasteiger partial charge in [-0.3, -0.25) is 0 Å². The highest BCUT2D eigenvalue weighted by atomic mass is 32.2. The molecule has 0 amide bonds. The largest absolute Gasteiger partial charge is 0.416 e. The maximum Gasteiger partial charge on any atom is 0.416 e. The van der Waals surface area contributed by atoms with Crippen LogP contribution >= 0.6 is 0 Å². The molecule has 25 heavy (non-hydrogen) atoms. The lowest BCUT2D eigenvalue weighted by Crippen LogP contribution is -2.23. The average Bonchev–Trinajstić information content (AvgIpc) is 2.59. The van der Waals surface area contributed by atoms with E-state index in [0.717, 1.165) is 40.6 Å². The summed E-state index contributed by atoms with van der Waals surface area (Å²) in [4.78, 5) is -0.208. The maximum atomic E-state index is 12.6. The molecule has 3 aromatic rings. The van der Waals surface area contributed by atoms with Gasteiger partial charge in [-0.15, -0.1) is 0 Å². The Hall–Kier alpha value is -2.38. The molecule has 0 aliphatic rings. The lowest BCUT2D eigenvalue weighted by Gasteiger charge is -2.11. The normalized spacial score (nSPS) is 12.4. The minimum atomic E-state index is -4.50. The van der Waals surface area contributed by atoms with E-state index < -0.39 is 21.8 Å². The highest BCUT2D eigenvalue weighted by Crippen LogP contribution is 2.29. The third-order valence-electron chi connectivity index (χ3n) is 3.82. The fraction of sp³-hybridized carbons (Fsp3) is 0.111. The van der Waals surface area contributed by atoms with E-state index in [1.165, 1.54) is 0 Å². The summed E-state index contributed by atoms with van der Waals surface area (Å²) < 4.78 is 64.8. The molecule has 0 aromatic heterocycles. The van der Waals surface area contributed by atoms with Gasteiger partial charge in [0.25, 0.3) is 0 Å². The summed E-state index contributed by atoms with van der Waals surface area (Å²) >= 11 is 0. The summed E-state index contributed by atoms with van der Waals surface area (Å²) in [5.74, 6) is 0. The van der Waals surface area contributed by atoms with Crippen molar-refractivity contribution in [1.82, 2.24) is 4.72 Å². The molecule has 0 unspecified atom stereocenters. The SMILES string of the molecule is O=S(=O)(NCc1cccc2ccccc12)c1ccc(C(F)(F)F)cc1. The van der Waals surface area contributed by atoms with Crippen LogP contribution in [0.15, 0.2) is 71.6 Å². The third kappa shape index (κ3) is 3.83. The first kappa shape index (κ1) is 17.4. The van der Waals surface area contributed by atoms with Crippen molar-refractivity contribution in [2.24, 2.45) is 0 Å². The van der Waals surface area contributed by atoms with Crippen LogP contribution < -0.4 is 4.72 Å². The maximum absolute atomic E-state index is 12.6. The number of sulfonamides is 1. The van der Waals surface area contributed by atoms with Crippen molar-refractivity contribution in [3.8, 4) is 0 Å². The second-order valence-electron chi connectivity index (χ2n) is 5.48. The Kier molecular flexibility index (Phi) is 4.53. The molecule has 3 nitrogen and oxygen atoms in total. The van der Waals surface area contributed by atoms with Crippen LogP contribution in [-0.4, -0.2) is 8.42 Å². The molecule has 0 saturated heterocycles. The van der Waals surface area contributed by atoms with Gasteiger partial charge in [0.15, 0.2) is 0 Å². The second kappa shape index (κ2) is 6.50. The fourth-order valence-corrected chi connectivity index (χ4v) is 3.53. The number of nitrogens with one attached hydrogen (secondary N) is 1. The van der Waals surface area contributed by atoms with Gasteiger partial charge < -0.3 is 0 Å². The minimum Gasteiger partial charge on any atom is -0.207 e. The second-order valence-corrected chi connectivity index (χ2v) is 7.25. The molecule has 3 aromatic carbocycles. The Labute approximate surface area is 143 Å². The molecule has 3 rings (SSSR count). The molecule has 0 radical (unpaired) electrons. The van der Waals surface area contributed by atoms with Crippen LogP contribution in [0, 0.1) is 0 Å². The first-order valence-electron chi connectivity index (χ1n) is 7.41. The number of fused-ring (bicyclic) bond motifs is 1. The van der Waals surface area contributed by atoms with Gasteiger partial charge >= 0.3 is 6.18 Å². The zero-order valence-electron chi connectivity index (χ0n) is 12.9. The first-order valence-corrected chi connectivity index (χ1v) is 8.89. The van der Waals surface area contributed by atoms with Crippen molar-refractivity contribution < 1.29 is 21.6 Å². The number of hydrogen-bond acceptors (Lipinski definition) is 2. The Morgan fingerprint density at radius 3 is 2.16 bits per heavy atom. The number of benzene rings is 3. The smallest absolute Gasteiger partial charge is 0.207 e. The predicted molar refractivity (Wildman–Crippen MR) is 89.4 cm³/mol. The van der Waals surface area contributed by atoms with E-state index in [9.17, 15) is 21.6 Å². The quantitative estimate of drug-likeness (QED) is 0.748. The number of halogens is 3. The molecule has 0 spiro atoms. The van der Waals surface area contributed by atoms with Gasteiger partial charge in [-0.2, -0.15) is 13.2 Å². The molecule has 7 heteroatoms. The number of hydrogen-bond donors (Lipinski definition) is 1. The van der Waals surface area contributed by atoms with Gasteiger partial charge in [-0.05, 0) is 40.6 Å². The van der Waals surface area contributed by atoms with Crippen LogP contribution in [0.1, 0.15) is 11.1 Å². The Balaban J connectivity index is 1.82. The molecule has 0 heterocycles. The van der Waals surface area contributed by atoms with E-state index in [1.807, 2.05) is 36.4 Å². The number of alkyl halides is 3. The molecule has 0 saturated carbocycles. The molecule has 1 N–H and O–H groups in total. The third-order valence-corrected chi connectivity index (χ3v) is 5.24. The molecule has 130 valence electrons. The molecule has 0 atom stereocenters. The summed E-state index contributed by atoms with van der Waals surface area (Å²) in [6.45, 7) is 0.0463. The van der Waals surface area contributed by atoms with Crippen molar-refractivity contribution in [1.29, 1.82) is 0 Å². The van der Waals surface area contributed by atoms with Crippen LogP contribution in [0.25, 0.3) is 10.8 Å². The van der Waals surface area contributed by atoms with Gasteiger partial charge in [0.2, 0.25) is 10.0 Å². The van der Waals surface area contributed by atoms with E-state index in [-0.39, 0.29) is 11.4 Å². The summed E-state index contributed by atoms with van der Waals surface area (Å²) in [5, 5.41) is 1.90. The number of rotatable bonds is 4. The van der Waals surface area contributed by atoms with Crippen molar-refractivity contribution >= 4 is 20.8 Å². The molecular formula is C18H14F3NO2S. The van der Waals surface area contributed by atoms with E-state index in [2.05, 4.69) is 4.72 Å². The van der Waals surface area contributed by atoms with Crippen molar-refractivity contribution in [2.45, 2.75) is 17.6 Å². The van der Waals surface area contributed by atoms with E-state index in [1.54, 1.807) is 6.07 Å². The van der Waals surface area contributed by atoms with Crippen LogP contribution in [0.3, 0.4) is 0 Å². The first-order chi connectivity index (χ1) is 11.8. The van der Waals surface area contributed by atoms with Crippen molar-refractivity contribution in [3.63, 3.8) is 0 Å². The Bertz CT molecular complexity index is 992. The topological polar surface area (TPSA) is 46.2 Å². The van der Waals surface area contributed by atoms with E-state index >= 15 is 0 Å². The molecule has 0 fully saturated rings. The van der Waals surface area contributed by atoms with Gasteiger partial charge in [0.1, 0.15) is 0 Å². The summed E-state index contributed by atoms with van der Waals surface area (Å²) in [6.07, 6.45) is -4.50. The van der Waals surface area contributed by atoms with E-state index in [4.69, 9.17) is 0 Å². The van der Waals surface area contributed by atoms with Crippen LogP contribution in [0.2, 0.25) is 0 Å². The van der Waals surface area contributed by atoms with E-state index in [0.29, 0.717) is 0 Å². The molecular weight excluding hydrogens is 351 g/mol. The van der Waals surface area contributed by atoms with Crippen LogP contribution in [-0.2, 0) is 22.7 Å². The van der Waals surface area contributed by atoms with Gasteiger partial charge in [0, 0.05) is 6.54 Å². The summed E-state index contributed by atoms with van der Waals surface area (Å²) in [7, 11) is -3.91. The van der Waals surface area contributed by atoms with Gasteiger partial charge in [0.05, 0.1) is 10.5 Å². The summed E-state index contributed by atoms with van der Waals surface area (Å²) in [6, 6.07) is 16.5. The zero-order chi connectivity index (χ0) is 18.1. The fourth-order valence-electron chi connectivity index (χ4n) is 2.53. The lowest BCUT2D eigenvalue weighted by molar-refractivity contribution is -0.137. The van der Waals surface area contributed by atoms with Crippen molar-refractivity contribution in [2.75, 3.05) is 0 Å². The van der Waals surface area contributed by atoms with Crippen LogP contribution in [0.4, 0.5) is 13.2 Å². The average molecular weight is 365 g/mol. The predicted octanol–water partition coefficient (Wildman–Crippen LogP) is 4.34. The van der Waals surface area contributed by atoms with Crippen molar-refractivity contribution in [3.05, 3.63) is 77.9 Å². The summed E-state index contributed by atoms with van der Waals surface area (Å²) in [5.41, 5.74) is -0.103. The van der Waals surface area contributed by atoms with Gasteiger partial charge in [-0.1, -0.05) is 42.5 Å². The lowest BCUT2D eigenvalue weighted by atomic mass is 10.1.